The molecule has 0 saturated carbocycles. The topological polar surface area (TPSA) is 70.4 Å². The monoisotopic (exact) mass is 353 g/mol. The summed E-state index contributed by atoms with van der Waals surface area (Å²) < 4.78 is 0. The molecule has 0 aliphatic rings. The average Bonchev–Trinajstić information content (AvgIpc) is 2.68. The van der Waals surface area contributed by atoms with E-state index in [1.165, 1.54) is 0 Å². The molecule has 0 bridgehead atoms. The Balaban J connectivity index is 0.000000289. The van der Waals surface area contributed by atoms with Gasteiger partial charge in [-0.05, 0) is 53.8 Å². The number of allylic oxidation sites excluding steroid dienone is 3. The van der Waals surface area contributed by atoms with Gasteiger partial charge < -0.3 is 10.2 Å². The number of hydrogen-bond donors (Lipinski definition) is 2. The van der Waals surface area contributed by atoms with Gasteiger partial charge in [0.2, 0.25) is 0 Å². The van der Waals surface area contributed by atoms with Crippen LogP contribution in [-0.4, -0.2) is 28.1 Å². The van der Waals surface area contributed by atoms with E-state index >= 15 is 0 Å². The van der Waals surface area contributed by atoms with Gasteiger partial charge in [0.05, 0.1) is 6.61 Å². The second kappa shape index (κ2) is 12.6. The number of aromatic nitrogens is 1. The number of carbonyl (C=O) groups excluding carboxylic acids is 1. The van der Waals surface area contributed by atoms with Crippen LogP contribution in [0.25, 0.3) is 5.57 Å². The lowest BCUT2D eigenvalue weighted by atomic mass is 10.0. The molecule has 138 valence electrons. The Morgan fingerprint density at radius 3 is 2.35 bits per heavy atom. The van der Waals surface area contributed by atoms with Crippen molar-refractivity contribution in [3.8, 4) is 5.75 Å². The molecule has 0 aliphatic heterocycles. The maximum Gasteiger partial charge on any atom is 0.148 e. The first-order valence-electron chi connectivity index (χ1n) is 8.80. The number of aldehydes is 1. The van der Waals surface area contributed by atoms with Crippen LogP contribution in [0.15, 0.2) is 66.5 Å². The number of phenols is 1. The molecule has 1 aromatic heterocycles. The Morgan fingerprint density at radius 1 is 1.12 bits per heavy atom. The summed E-state index contributed by atoms with van der Waals surface area (Å²) in [6.45, 7) is 3.89. The molecule has 0 unspecified atom stereocenters. The van der Waals surface area contributed by atoms with Gasteiger partial charge >= 0.3 is 0 Å². The van der Waals surface area contributed by atoms with E-state index in [1.807, 2.05) is 43.3 Å². The van der Waals surface area contributed by atoms with Crippen molar-refractivity contribution in [1.29, 1.82) is 0 Å². The van der Waals surface area contributed by atoms with Crippen LogP contribution in [0, 0.1) is 0 Å². The molecule has 0 radical (unpaired) electrons. The maximum atomic E-state index is 10.6. The van der Waals surface area contributed by atoms with Crippen LogP contribution in [0.4, 0.5) is 0 Å². The number of aromatic hydroxyl groups is 1. The predicted octanol–water partition coefficient (Wildman–Crippen LogP) is 4.34. The Kier molecular flexibility index (Phi) is 10.3. The van der Waals surface area contributed by atoms with Crippen LogP contribution in [0.1, 0.15) is 37.8 Å². The highest BCUT2D eigenvalue weighted by Gasteiger charge is 2.00. The first-order valence-corrected chi connectivity index (χ1v) is 8.80. The number of pyridine rings is 1. The minimum absolute atomic E-state index is 0.240. The molecule has 26 heavy (non-hydrogen) atoms. The molecule has 0 amide bonds. The fourth-order valence-electron chi connectivity index (χ4n) is 2.33. The van der Waals surface area contributed by atoms with Gasteiger partial charge in [-0.3, -0.25) is 9.78 Å². The van der Waals surface area contributed by atoms with Gasteiger partial charge in [0.25, 0.3) is 0 Å². The fourth-order valence-corrected chi connectivity index (χ4v) is 2.33. The van der Waals surface area contributed by atoms with Crippen molar-refractivity contribution >= 4 is 11.9 Å². The van der Waals surface area contributed by atoms with E-state index in [9.17, 15) is 9.90 Å². The predicted molar refractivity (Wildman–Crippen MR) is 106 cm³/mol. The Bertz CT molecular complexity index is 721. The van der Waals surface area contributed by atoms with E-state index in [0.29, 0.717) is 17.6 Å². The lowest BCUT2D eigenvalue weighted by Crippen LogP contribution is -1.93. The van der Waals surface area contributed by atoms with Crippen LogP contribution in [0.2, 0.25) is 0 Å². The van der Waals surface area contributed by atoms with E-state index in [0.717, 1.165) is 36.0 Å². The van der Waals surface area contributed by atoms with Gasteiger partial charge in [0, 0.05) is 18.0 Å². The summed E-state index contributed by atoms with van der Waals surface area (Å²) in [7, 11) is 0. The van der Waals surface area contributed by atoms with Crippen molar-refractivity contribution in [3.63, 3.8) is 0 Å². The van der Waals surface area contributed by atoms with E-state index in [-0.39, 0.29) is 6.61 Å². The SMILES string of the molecule is CC/C=C(\C=C(\C=O)CO)c1ccncc1.CCCc1ccccc1O. The highest BCUT2D eigenvalue weighted by molar-refractivity contribution is 5.83. The van der Waals surface area contributed by atoms with Gasteiger partial charge in [-0.25, -0.2) is 0 Å². The number of aryl methyl sites for hydroxylation is 1. The highest BCUT2D eigenvalue weighted by atomic mass is 16.3. The molecule has 2 N–H and O–H groups in total. The molecule has 2 aromatic rings. The van der Waals surface area contributed by atoms with E-state index in [2.05, 4.69) is 11.9 Å². The highest BCUT2D eigenvalue weighted by Crippen LogP contribution is 2.17. The third kappa shape index (κ3) is 7.45. The molecule has 0 fully saturated rings. The molecular weight excluding hydrogens is 326 g/mol. The van der Waals surface area contributed by atoms with Crippen molar-refractivity contribution in [1.82, 2.24) is 4.98 Å². The average molecular weight is 353 g/mol. The lowest BCUT2D eigenvalue weighted by molar-refractivity contribution is -0.105. The quantitative estimate of drug-likeness (QED) is 0.441. The van der Waals surface area contributed by atoms with Crippen molar-refractivity contribution in [2.24, 2.45) is 0 Å². The molecule has 0 saturated heterocycles. The largest absolute Gasteiger partial charge is 0.508 e. The summed E-state index contributed by atoms with van der Waals surface area (Å²) in [5.74, 6) is 0.421. The molecule has 4 heteroatoms. The second-order valence-corrected chi connectivity index (χ2v) is 5.68. The Hall–Kier alpha value is -2.72. The first kappa shape index (κ1) is 21.3. The van der Waals surface area contributed by atoms with E-state index in [1.54, 1.807) is 24.5 Å². The van der Waals surface area contributed by atoms with Crippen LogP contribution in [-0.2, 0) is 11.2 Å². The normalized spacial score (nSPS) is 11.5. The van der Waals surface area contributed by atoms with E-state index in [4.69, 9.17) is 5.11 Å². The lowest BCUT2D eigenvalue weighted by Gasteiger charge is -2.03. The first-order chi connectivity index (χ1) is 12.7. The Morgan fingerprint density at radius 2 is 1.81 bits per heavy atom. The number of aliphatic hydroxyl groups excluding tert-OH is 1. The number of aliphatic hydroxyl groups is 1. The van der Waals surface area contributed by atoms with Gasteiger partial charge in [0.1, 0.15) is 12.0 Å². The van der Waals surface area contributed by atoms with Crippen LogP contribution in [0.3, 0.4) is 0 Å². The molecule has 0 aliphatic carbocycles. The van der Waals surface area contributed by atoms with Crippen molar-refractivity contribution in [2.45, 2.75) is 33.1 Å². The summed E-state index contributed by atoms with van der Waals surface area (Å²) in [5, 5.41) is 18.2. The Labute approximate surface area is 155 Å². The molecular formula is C22H27NO3. The minimum atomic E-state index is -0.240. The summed E-state index contributed by atoms with van der Waals surface area (Å²) >= 11 is 0. The number of para-hydroxylation sites is 1. The molecule has 4 nitrogen and oxygen atoms in total. The summed E-state index contributed by atoms with van der Waals surface area (Å²) in [4.78, 5) is 14.6. The molecule has 1 heterocycles. The van der Waals surface area contributed by atoms with Crippen LogP contribution < -0.4 is 0 Å². The number of rotatable bonds is 7. The van der Waals surface area contributed by atoms with Gasteiger partial charge in [-0.1, -0.05) is 44.5 Å². The molecule has 0 atom stereocenters. The summed E-state index contributed by atoms with van der Waals surface area (Å²) in [6, 6.07) is 11.2. The summed E-state index contributed by atoms with van der Waals surface area (Å²) in [6.07, 6.45) is 10.7. The minimum Gasteiger partial charge on any atom is -0.508 e. The fraction of sp³-hybridized carbons (Fsp3) is 0.273. The molecule has 2 rings (SSSR count). The number of phenolic OH excluding ortho intramolecular Hbond substituents is 1. The number of benzene rings is 1. The zero-order chi connectivity index (χ0) is 19.2. The number of carbonyl (C=O) groups is 1. The second-order valence-electron chi connectivity index (χ2n) is 5.68. The van der Waals surface area contributed by atoms with Gasteiger partial charge in [-0.15, -0.1) is 0 Å². The zero-order valence-corrected chi connectivity index (χ0v) is 15.4. The van der Waals surface area contributed by atoms with Crippen molar-refractivity contribution < 1.29 is 15.0 Å². The van der Waals surface area contributed by atoms with E-state index < -0.39 is 0 Å². The van der Waals surface area contributed by atoms with Crippen molar-refractivity contribution in [2.75, 3.05) is 6.61 Å². The van der Waals surface area contributed by atoms with Crippen molar-refractivity contribution in [3.05, 3.63) is 77.6 Å². The van der Waals surface area contributed by atoms with Gasteiger partial charge in [-0.2, -0.15) is 0 Å². The van der Waals surface area contributed by atoms with Crippen LogP contribution >= 0.6 is 0 Å². The third-order valence-corrected chi connectivity index (χ3v) is 3.62. The van der Waals surface area contributed by atoms with Gasteiger partial charge in [0.15, 0.2) is 0 Å². The van der Waals surface area contributed by atoms with Crippen LogP contribution in [0.5, 0.6) is 5.75 Å². The third-order valence-electron chi connectivity index (χ3n) is 3.62. The molecule has 0 spiro atoms. The maximum absolute atomic E-state index is 10.6. The number of hydrogen-bond acceptors (Lipinski definition) is 4. The zero-order valence-electron chi connectivity index (χ0n) is 15.4. The smallest absolute Gasteiger partial charge is 0.148 e. The summed E-state index contributed by atoms with van der Waals surface area (Å²) in [5.41, 5.74) is 3.34. The molecule has 1 aromatic carbocycles. The number of nitrogens with zero attached hydrogens (tertiary/aromatic N) is 1. The standard InChI is InChI=1S/C13H15NO2.C9H12O/c1-2-3-13(8-11(9-15)10-16)12-4-6-14-7-5-12;1-2-5-8-6-3-4-7-9(8)10/h3-9,16H,2,10H2,1H3;3-4,6-7,10H,2,5H2,1H3/b11-8-,13-3+;.